The van der Waals surface area contributed by atoms with Crippen LogP contribution in [0.25, 0.3) is 0 Å². The van der Waals surface area contributed by atoms with Gasteiger partial charge in [0.15, 0.2) is 0 Å². The van der Waals surface area contributed by atoms with Gasteiger partial charge >= 0.3 is 0 Å². The Labute approximate surface area is 190 Å². The molecule has 1 atom stereocenters. The molecule has 1 unspecified atom stereocenters. The molecule has 2 nitrogen and oxygen atoms in total. The maximum Gasteiger partial charge on any atom is 0.101 e. The summed E-state index contributed by atoms with van der Waals surface area (Å²) in [6.45, 7) is 10.5. The van der Waals surface area contributed by atoms with Crippen LogP contribution in [0.3, 0.4) is 0 Å². The Balaban J connectivity index is 2.14. The molecule has 1 aliphatic rings. The lowest BCUT2D eigenvalue weighted by Crippen LogP contribution is -2.42. The molecule has 0 aromatic heterocycles. The van der Waals surface area contributed by atoms with Crippen LogP contribution < -0.4 is 0 Å². The zero-order chi connectivity index (χ0) is 21.9. The van der Waals surface area contributed by atoms with Crippen LogP contribution in [-0.4, -0.2) is 28.6 Å². The summed E-state index contributed by atoms with van der Waals surface area (Å²) in [6.07, 6.45) is 32.3. The van der Waals surface area contributed by atoms with E-state index in [4.69, 9.17) is 0 Å². The van der Waals surface area contributed by atoms with Gasteiger partial charge in [0, 0.05) is 25.0 Å². The second-order valence-corrected chi connectivity index (χ2v) is 10.0. The van der Waals surface area contributed by atoms with E-state index in [0.717, 1.165) is 0 Å². The average Bonchev–Trinajstić information content (AvgIpc) is 3.14. The quantitative estimate of drug-likeness (QED) is 0.171. The molecule has 0 aromatic carbocycles. The van der Waals surface area contributed by atoms with Gasteiger partial charge < -0.3 is 9.80 Å². The van der Waals surface area contributed by atoms with Crippen molar-refractivity contribution in [2.45, 2.75) is 162 Å². The topological polar surface area (TPSA) is 6.48 Å². The van der Waals surface area contributed by atoms with E-state index in [0.29, 0.717) is 12.2 Å². The molecule has 0 N–H and O–H groups in total. The molecule has 0 aromatic rings. The maximum absolute atomic E-state index is 2.64. The van der Waals surface area contributed by atoms with Crippen LogP contribution in [-0.2, 0) is 0 Å². The molecule has 2 heteroatoms. The van der Waals surface area contributed by atoms with Crippen molar-refractivity contribution >= 4 is 0 Å². The van der Waals surface area contributed by atoms with E-state index in [1.165, 1.54) is 129 Å². The summed E-state index contributed by atoms with van der Waals surface area (Å²) in [5.41, 5.74) is 0. The largest absolute Gasteiger partial charge is 0.356 e. The summed E-state index contributed by atoms with van der Waals surface area (Å²) >= 11 is 0. The third-order valence-corrected chi connectivity index (χ3v) is 6.84. The lowest BCUT2D eigenvalue weighted by atomic mass is 10.0. The minimum atomic E-state index is 0.609. The second kappa shape index (κ2) is 19.1. The van der Waals surface area contributed by atoms with Crippen molar-refractivity contribution in [2.24, 2.45) is 0 Å². The molecule has 1 aliphatic heterocycles. The average molecular weight is 421 g/mol. The molecule has 0 aliphatic carbocycles. The fourth-order valence-electron chi connectivity index (χ4n) is 4.83. The Morgan fingerprint density at radius 2 is 1.00 bits per heavy atom. The standard InChI is InChI=1S/C28H56N2/c1-5-7-9-11-13-15-17-19-21-23-28-29(25-26-30(28)27(3)4)24-22-20-18-16-14-12-10-8-6-2/h25-28H,5-24H2,1-4H3. The Morgan fingerprint density at radius 1 is 0.567 bits per heavy atom. The summed E-state index contributed by atoms with van der Waals surface area (Å²) in [7, 11) is 0. The minimum absolute atomic E-state index is 0.609. The first kappa shape index (κ1) is 27.4. The summed E-state index contributed by atoms with van der Waals surface area (Å²) in [4.78, 5) is 5.24. The normalized spacial score (nSPS) is 16.4. The fraction of sp³-hybridized carbons (Fsp3) is 0.929. The second-order valence-electron chi connectivity index (χ2n) is 10.0. The minimum Gasteiger partial charge on any atom is -0.356 e. The van der Waals surface area contributed by atoms with Crippen molar-refractivity contribution < 1.29 is 0 Å². The Morgan fingerprint density at radius 3 is 1.47 bits per heavy atom. The van der Waals surface area contributed by atoms with Crippen molar-refractivity contribution in [2.75, 3.05) is 6.54 Å². The van der Waals surface area contributed by atoms with Crippen LogP contribution in [0.4, 0.5) is 0 Å². The summed E-state index contributed by atoms with van der Waals surface area (Å²) in [5.74, 6) is 0. The van der Waals surface area contributed by atoms with Gasteiger partial charge in [-0.25, -0.2) is 0 Å². The van der Waals surface area contributed by atoms with Crippen LogP contribution in [0.15, 0.2) is 12.4 Å². The SMILES string of the molecule is CCCCCCCCCCCC1N(CCCCCCCCCCC)C=CN1C(C)C. The van der Waals surface area contributed by atoms with E-state index in [2.05, 4.69) is 49.9 Å². The highest BCUT2D eigenvalue weighted by molar-refractivity contribution is 4.98. The molecule has 1 rings (SSSR count). The van der Waals surface area contributed by atoms with Gasteiger partial charge in [0.05, 0.1) is 0 Å². The summed E-state index contributed by atoms with van der Waals surface area (Å²) in [5, 5.41) is 0. The molecule has 178 valence electrons. The number of rotatable bonds is 21. The molecule has 0 amide bonds. The van der Waals surface area contributed by atoms with Gasteiger partial charge in [-0.3, -0.25) is 0 Å². The number of hydrogen-bond acceptors (Lipinski definition) is 2. The van der Waals surface area contributed by atoms with E-state index < -0.39 is 0 Å². The monoisotopic (exact) mass is 420 g/mol. The van der Waals surface area contributed by atoms with Crippen LogP contribution >= 0.6 is 0 Å². The highest BCUT2D eigenvalue weighted by Crippen LogP contribution is 2.25. The summed E-state index contributed by atoms with van der Waals surface area (Å²) in [6, 6.07) is 0.609. The van der Waals surface area contributed by atoms with Crippen molar-refractivity contribution in [1.82, 2.24) is 9.80 Å². The first-order valence-electron chi connectivity index (χ1n) is 13.9. The molecule has 1 heterocycles. The van der Waals surface area contributed by atoms with Crippen molar-refractivity contribution in [3.63, 3.8) is 0 Å². The van der Waals surface area contributed by atoms with Crippen molar-refractivity contribution in [3.8, 4) is 0 Å². The van der Waals surface area contributed by atoms with Gasteiger partial charge in [0.25, 0.3) is 0 Å². The molecular weight excluding hydrogens is 364 g/mol. The van der Waals surface area contributed by atoms with Gasteiger partial charge in [-0.15, -0.1) is 0 Å². The molecular formula is C28H56N2. The first-order chi connectivity index (χ1) is 14.7. The van der Waals surface area contributed by atoms with Crippen LogP contribution in [0.1, 0.15) is 150 Å². The Hall–Kier alpha value is -0.660. The Bertz CT molecular complexity index is 390. The van der Waals surface area contributed by atoms with Crippen molar-refractivity contribution in [3.05, 3.63) is 12.4 Å². The van der Waals surface area contributed by atoms with E-state index in [1.54, 1.807) is 0 Å². The molecule has 0 spiro atoms. The van der Waals surface area contributed by atoms with Crippen LogP contribution in [0.5, 0.6) is 0 Å². The zero-order valence-electron chi connectivity index (χ0n) is 21.3. The highest BCUT2D eigenvalue weighted by Gasteiger charge is 2.26. The van der Waals surface area contributed by atoms with Gasteiger partial charge in [0.2, 0.25) is 0 Å². The highest BCUT2D eigenvalue weighted by atomic mass is 15.4. The predicted octanol–water partition coefficient (Wildman–Crippen LogP) is 9.26. The molecule has 30 heavy (non-hydrogen) atoms. The molecule has 0 saturated heterocycles. The van der Waals surface area contributed by atoms with Crippen LogP contribution in [0.2, 0.25) is 0 Å². The van der Waals surface area contributed by atoms with E-state index >= 15 is 0 Å². The van der Waals surface area contributed by atoms with Crippen LogP contribution in [0, 0.1) is 0 Å². The fourth-order valence-corrected chi connectivity index (χ4v) is 4.83. The zero-order valence-corrected chi connectivity index (χ0v) is 21.3. The number of nitrogens with zero attached hydrogens (tertiary/aromatic N) is 2. The first-order valence-corrected chi connectivity index (χ1v) is 13.9. The number of hydrogen-bond donors (Lipinski definition) is 0. The smallest absolute Gasteiger partial charge is 0.101 e. The van der Waals surface area contributed by atoms with Gasteiger partial charge in [0.1, 0.15) is 6.17 Å². The lowest BCUT2D eigenvalue weighted by molar-refractivity contribution is 0.114. The molecule has 0 bridgehead atoms. The van der Waals surface area contributed by atoms with Crippen molar-refractivity contribution in [1.29, 1.82) is 0 Å². The van der Waals surface area contributed by atoms with E-state index in [1.807, 2.05) is 0 Å². The maximum atomic E-state index is 2.64. The van der Waals surface area contributed by atoms with E-state index in [-0.39, 0.29) is 0 Å². The number of unbranched alkanes of at least 4 members (excludes halogenated alkanes) is 16. The van der Waals surface area contributed by atoms with E-state index in [9.17, 15) is 0 Å². The van der Waals surface area contributed by atoms with Gasteiger partial charge in [-0.05, 0) is 33.1 Å². The summed E-state index contributed by atoms with van der Waals surface area (Å²) < 4.78 is 0. The van der Waals surface area contributed by atoms with Gasteiger partial charge in [-0.1, -0.05) is 117 Å². The molecule has 0 fully saturated rings. The molecule has 0 radical (unpaired) electrons. The predicted molar refractivity (Wildman–Crippen MR) is 136 cm³/mol. The third kappa shape index (κ3) is 12.9. The third-order valence-electron chi connectivity index (χ3n) is 6.84. The van der Waals surface area contributed by atoms with Gasteiger partial charge in [-0.2, -0.15) is 0 Å². The molecule has 0 saturated carbocycles. The lowest BCUT2D eigenvalue weighted by Gasteiger charge is -2.35. The Kier molecular flexibility index (Phi) is 17.4.